The van der Waals surface area contributed by atoms with Gasteiger partial charge in [0.05, 0.1) is 16.9 Å². The predicted octanol–water partition coefficient (Wildman–Crippen LogP) is 2.67. The molecule has 0 spiro atoms. The van der Waals surface area contributed by atoms with Crippen LogP contribution in [0.2, 0.25) is 0 Å². The van der Waals surface area contributed by atoms with Crippen molar-refractivity contribution in [1.82, 2.24) is 9.21 Å². The van der Waals surface area contributed by atoms with Gasteiger partial charge in [0, 0.05) is 38.3 Å². The Hall–Kier alpha value is -2.49. The first-order valence-electron chi connectivity index (χ1n) is 8.96. The molecule has 1 aliphatic heterocycles. The zero-order chi connectivity index (χ0) is 20.3. The summed E-state index contributed by atoms with van der Waals surface area (Å²) in [6, 6.07) is 14.0. The van der Waals surface area contributed by atoms with E-state index in [9.17, 15) is 18.5 Å². The Bertz CT molecular complexity index is 941. The molecule has 0 bridgehead atoms. The Labute approximate surface area is 164 Å². The van der Waals surface area contributed by atoms with E-state index in [1.165, 1.54) is 29.1 Å². The molecule has 9 heteroatoms. The minimum Gasteiger partial charge on any atom is -0.490 e. The topological polar surface area (TPSA) is 93.0 Å². The van der Waals surface area contributed by atoms with E-state index in [2.05, 4.69) is 24.0 Å². The minimum atomic E-state index is -3.81. The first-order valence-corrected chi connectivity index (χ1v) is 10.4. The molecule has 0 radical (unpaired) electrons. The number of hydrogen-bond acceptors (Lipinski definition) is 6. The lowest BCUT2D eigenvalue weighted by Crippen LogP contribution is -2.49. The Kier molecular flexibility index (Phi) is 5.97. The van der Waals surface area contributed by atoms with E-state index in [1.54, 1.807) is 0 Å². The molecule has 3 rings (SSSR count). The molecule has 0 aromatic heterocycles. The number of methoxy groups -OCH3 is 1. The standard InChI is InChI=1S/C19H23N3O5S/c1-15(16-6-4-3-5-7-16)20-10-12-21(13-11-20)28(25,26)17-8-9-19(27-2)18(14-17)22(23)24/h3-9,14-15H,10-13H2,1-2H3. The van der Waals surface area contributed by atoms with E-state index in [0.29, 0.717) is 26.2 Å². The maximum Gasteiger partial charge on any atom is 0.312 e. The number of benzene rings is 2. The normalized spacial score (nSPS) is 17.2. The van der Waals surface area contributed by atoms with E-state index in [1.807, 2.05) is 18.2 Å². The summed E-state index contributed by atoms with van der Waals surface area (Å²) in [5, 5.41) is 11.2. The fraction of sp³-hybridized carbons (Fsp3) is 0.368. The van der Waals surface area contributed by atoms with E-state index in [0.717, 1.165) is 6.07 Å². The molecule has 0 N–H and O–H groups in total. The average Bonchev–Trinajstić information content (AvgIpc) is 2.73. The van der Waals surface area contributed by atoms with Crippen molar-refractivity contribution in [2.24, 2.45) is 0 Å². The molecular formula is C19H23N3O5S. The Morgan fingerprint density at radius 2 is 1.71 bits per heavy atom. The van der Waals surface area contributed by atoms with Crippen LogP contribution in [0.15, 0.2) is 53.4 Å². The summed E-state index contributed by atoms with van der Waals surface area (Å²) in [5.41, 5.74) is 0.824. The third-order valence-electron chi connectivity index (χ3n) is 5.09. The molecule has 1 atom stereocenters. The van der Waals surface area contributed by atoms with Crippen LogP contribution >= 0.6 is 0 Å². The number of sulfonamides is 1. The first kappa shape index (κ1) is 20.2. The molecule has 28 heavy (non-hydrogen) atoms. The van der Waals surface area contributed by atoms with Gasteiger partial charge in [-0.3, -0.25) is 15.0 Å². The summed E-state index contributed by atoms with van der Waals surface area (Å²) in [5.74, 6) is 0.0328. The van der Waals surface area contributed by atoms with Gasteiger partial charge < -0.3 is 4.74 Å². The van der Waals surface area contributed by atoms with Crippen LogP contribution in [0, 0.1) is 10.1 Å². The van der Waals surface area contributed by atoms with Crippen molar-refractivity contribution in [3.63, 3.8) is 0 Å². The number of ether oxygens (including phenoxy) is 1. The lowest BCUT2D eigenvalue weighted by atomic mass is 10.1. The molecule has 1 heterocycles. The number of nitrogens with zero attached hydrogens (tertiary/aromatic N) is 3. The van der Waals surface area contributed by atoms with Crippen LogP contribution in [-0.4, -0.2) is 55.8 Å². The van der Waals surface area contributed by atoms with Crippen LogP contribution in [-0.2, 0) is 10.0 Å². The first-order chi connectivity index (χ1) is 13.3. The fourth-order valence-corrected chi connectivity index (χ4v) is 4.84. The molecule has 1 aliphatic rings. The van der Waals surface area contributed by atoms with Crippen LogP contribution in [0.3, 0.4) is 0 Å². The minimum absolute atomic E-state index is 0.0328. The summed E-state index contributed by atoms with van der Waals surface area (Å²) >= 11 is 0. The Balaban J connectivity index is 1.75. The fourth-order valence-electron chi connectivity index (χ4n) is 3.40. The van der Waals surface area contributed by atoms with Crippen molar-refractivity contribution in [3.8, 4) is 5.75 Å². The van der Waals surface area contributed by atoms with Gasteiger partial charge in [0.25, 0.3) is 0 Å². The quantitative estimate of drug-likeness (QED) is 0.542. The van der Waals surface area contributed by atoms with Crippen molar-refractivity contribution >= 4 is 15.7 Å². The van der Waals surface area contributed by atoms with Gasteiger partial charge in [-0.15, -0.1) is 0 Å². The van der Waals surface area contributed by atoms with Crippen LogP contribution in [0.5, 0.6) is 5.75 Å². The second-order valence-corrected chi connectivity index (χ2v) is 8.56. The molecule has 0 aliphatic carbocycles. The van der Waals surface area contributed by atoms with Gasteiger partial charge in [-0.2, -0.15) is 4.31 Å². The number of hydrogen-bond donors (Lipinski definition) is 0. The molecular weight excluding hydrogens is 382 g/mol. The van der Waals surface area contributed by atoms with Crippen molar-refractivity contribution in [3.05, 3.63) is 64.2 Å². The summed E-state index contributed by atoms with van der Waals surface area (Å²) in [7, 11) is -2.50. The maximum absolute atomic E-state index is 13.0. The van der Waals surface area contributed by atoms with Gasteiger partial charge in [0.2, 0.25) is 10.0 Å². The predicted molar refractivity (Wildman–Crippen MR) is 105 cm³/mol. The number of nitro groups is 1. The maximum atomic E-state index is 13.0. The lowest BCUT2D eigenvalue weighted by molar-refractivity contribution is -0.386. The van der Waals surface area contributed by atoms with Gasteiger partial charge in [-0.1, -0.05) is 30.3 Å². The van der Waals surface area contributed by atoms with Gasteiger partial charge in [0.1, 0.15) is 0 Å². The van der Waals surface area contributed by atoms with Crippen molar-refractivity contribution < 1.29 is 18.1 Å². The number of nitro benzene ring substituents is 1. The highest BCUT2D eigenvalue weighted by atomic mass is 32.2. The smallest absolute Gasteiger partial charge is 0.312 e. The molecule has 1 fully saturated rings. The van der Waals surface area contributed by atoms with E-state index in [-0.39, 0.29) is 22.4 Å². The summed E-state index contributed by atoms with van der Waals surface area (Å²) in [4.78, 5) is 12.7. The van der Waals surface area contributed by atoms with Crippen molar-refractivity contribution in [2.75, 3.05) is 33.3 Å². The molecule has 1 saturated heterocycles. The van der Waals surface area contributed by atoms with Gasteiger partial charge >= 0.3 is 5.69 Å². The lowest BCUT2D eigenvalue weighted by Gasteiger charge is -2.37. The average molecular weight is 405 g/mol. The SMILES string of the molecule is COc1ccc(S(=O)(=O)N2CCN(C(C)c3ccccc3)CC2)cc1[N+](=O)[O-]. The molecule has 150 valence electrons. The largest absolute Gasteiger partial charge is 0.490 e. The molecule has 0 saturated carbocycles. The van der Waals surface area contributed by atoms with E-state index < -0.39 is 14.9 Å². The van der Waals surface area contributed by atoms with Gasteiger partial charge in [0.15, 0.2) is 5.75 Å². The highest BCUT2D eigenvalue weighted by Crippen LogP contribution is 2.31. The van der Waals surface area contributed by atoms with E-state index in [4.69, 9.17) is 4.74 Å². The van der Waals surface area contributed by atoms with Crippen molar-refractivity contribution in [1.29, 1.82) is 0 Å². The van der Waals surface area contributed by atoms with Crippen LogP contribution in [0.4, 0.5) is 5.69 Å². The monoisotopic (exact) mass is 405 g/mol. The van der Waals surface area contributed by atoms with Crippen LogP contribution in [0.25, 0.3) is 0 Å². The molecule has 1 unspecified atom stereocenters. The van der Waals surface area contributed by atoms with E-state index >= 15 is 0 Å². The zero-order valence-electron chi connectivity index (χ0n) is 15.8. The number of rotatable bonds is 6. The molecule has 0 amide bonds. The Morgan fingerprint density at radius 1 is 1.07 bits per heavy atom. The molecule has 2 aromatic rings. The van der Waals surface area contributed by atoms with Crippen molar-refractivity contribution in [2.45, 2.75) is 17.9 Å². The second kappa shape index (κ2) is 8.26. The van der Waals surface area contributed by atoms with Crippen LogP contribution in [0.1, 0.15) is 18.5 Å². The zero-order valence-corrected chi connectivity index (χ0v) is 16.6. The number of piperazine rings is 1. The Morgan fingerprint density at radius 3 is 2.29 bits per heavy atom. The molecule has 2 aromatic carbocycles. The summed E-state index contributed by atoms with van der Waals surface area (Å²) in [6.45, 7) is 3.95. The third-order valence-corrected chi connectivity index (χ3v) is 6.98. The summed E-state index contributed by atoms with van der Waals surface area (Å²) < 4.78 is 32.2. The second-order valence-electron chi connectivity index (χ2n) is 6.62. The van der Waals surface area contributed by atoms with Crippen LogP contribution < -0.4 is 4.74 Å². The highest BCUT2D eigenvalue weighted by molar-refractivity contribution is 7.89. The molecule has 8 nitrogen and oxygen atoms in total. The highest BCUT2D eigenvalue weighted by Gasteiger charge is 2.32. The van der Waals surface area contributed by atoms with Gasteiger partial charge in [-0.25, -0.2) is 8.42 Å². The summed E-state index contributed by atoms with van der Waals surface area (Å²) in [6.07, 6.45) is 0. The third kappa shape index (κ3) is 4.01. The van der Waals surface area contributed by atoms with Gasteiger partial charge in [-0.05, 0) is 24.6 Å².